The molecule has 0 aliphatic heterocycles. The molecule has 0 bridgehead atoms. The molecule has 0 atom stereocenters. The summed E-state index contributed by atoms with van der Waals surface area (Å²) in [6.45, 7) is 3.62. The van der Waals surface area contributed by atoms with Crippen molar-refractivity contribution in [1.82, 2.24) is 0 Å². The van der Waals surface area contributed by atoms with Gasteiger partial charge in [-0.05, 0) is 48.7 Å². The third-order valence-electron chi connectivity index (χ3n) is 2.78. The standard InChI is InChI=1S/C16H15N3O2/c1-11(2)21-16(20)14-7-3-5-12(9-14)13-6-4-8-15(10-13)18-19-17/h3-11H,1-2H3. The zero-order chi connectivity index (χ0) is 15.2. The van der Waals surface area contributed by atoms with Crippen LogP contribution < -0.4 is 0 Å². The van der Waals surface area contributed by atoms with Gasteiger partial charge in [0, 0.05) is 10.6 Å². The molecule has 0 saturated heterocycles. The van der Waals surface area contributed by atoms with Crippen LogP contribution in [-0.4, -0.2) is 12.1 Å². The fourth-order valence-corrected chi connectivity index (χ4v) is 1.91. The molecule has 0 unspecified atom stereocenters. The summed E-state index contributed by atoms with van der Waals surface area (Å²) in [6, 6.07) is 14.4. The first kappa shape index (κ1) is 14.6. The second kappa shape index (κ2) is 6.59. The van der Waals surface area contributed by atoms with E-state index in [-0.39, 0.29) is 12.1 Å². The predicted octanol–water partition coefficient (Wildman–Crippen LogP) is 4.86. The average Bonchev–Trinajstić information content (AvgIpc) is 2.47. The Morgan fingerprint density at radius 1 is 1.14 bits per heavy atom. The molecule has 21 heavy (non-hydrogen) atoms. The number of benzene rings is 2. The van der Waals surface area contributed by atoms with Crippen molar-refractivity contribution in [3.8, 4) is 11.1 Å². The zero-order valence-corrected chi connectivity index (χ0v) is 11.9. The summed E-state index contributed by atoms with van der Waals surface area (Å²) >= 11 is 0. The number of hydrogen-bond acceptors (Lipinski definition) is 3. The summed E-state index contributed by atoms with van der Waals surface area (Å²) < 4.78 is 5.18. The number of esters is 1. The monoisotopic (exact) mass is 281 g/mol. The van der Waals surface area contributed by atoms with Gasteiger partial charge in [-0.25, -0.2) is 4.79 Å². The maximum absolute atomic E-state index is 11.9. The van der Waals surface area contributed by atoms with Crippen molar-refractivity contribution in [3.05, 3.63) is 64.5 Å². The van der Waals surface area contributed by atoms with Crippen molar-refractivity contribution in [2.24, 2.45) is 5.11 Å². The molecule has 0 amide bonds. The normalized spacial score (nSPS) is 10.0. The van der Waals surface area contributed by atoms with E-state index in [1.54, 1.807) is 36.4 Å². The van der Waals surface area contributed by atoms with Gasteiger partial charge < -0.3 is 4.74 Å². The molecule has 0 aliphatic rings. The van der Waals surface area contributed by atoms with Crippen LogP contribution in [0.4, 0.5) is 5.69 Å². The highest BCUT2D eigenvalue weighted by Gasteiger charge is 2.10. The first-order chi connectivity index (χ1) is 10.1. The maximum Gasteiger partial charge on any atom is 0.338 e. The summed E-state index contributed by atoms with van der Waals surface area (Å²) in [5, 5.41) is 3.58. The molecule has 0 radical (unpaired) electrons. The number of azide groups is 1. The van der Waals surface area contributed by atoms with E-state index in [4.69, 9.17) is 10.3 Å². The van der Waals surface area contributed by atoms with Gasteiger partial charge in [0.05, 0.1) is 11.7 Å². The Morgan fingerprint density at radius 2 is 1.81 bits per heavy atom. The molecule has 0 aromatic heterocycles. The third kappa shape index (κ3) is 3.84. The van der Waals surface area contributed by atoms with Crippen LogP contribution >= 0.6 is 0 Å². The lowest BCUT2D eigenvalue weighted by atomic mass is 10.0. The maximum atomic E-state index is 11.9. The number of hydrogen-bond donors (Lipinski definition) is 0. The van der Waals surface area contributed by atoms with Gasteiger partial charge in [0.2, 0.25) is 0 Å². The summed E-state index contributed by atoms with van der Waals surface area (Å²) in [4.78, 5) is 14.7. The molecule has 5 nitrogen and oxygen atoms in total. The Kier molecular flexibility index (Phi) is 4.59. The lowest BCUT2D eigenvalue weighted by molar-refractivity contribution is 0.0378. The molecule has 0 heterocycles. The van der Waals surface area contributed by atoms with E-state index < -0.39 is 0 Å². The molecule has 0 spiro atoms. The van der Waals surface area contributed by atoms with E-state index >= 15 is 0 Å². The van der Waals surface area contributed by atoms with Gasteiger partial charge in [-0.15, -0.1) is 0 Å². The third-order valence-corrected chi connectivity index (χ3v) is 2.78. The van der Waals surface area contributed by atoms with E-state index in [1.165, 1.54) is 0 Å². The van der Waals surface area contributed by atoms with Gasteiger partial charge in [0.1, 0.15) is 0 Å². The number of carbonyl (C=O) groups excluding carboxylic acids is 1. The first-order valence-electron chi connectivity index (χ1n) is 6.56. The minimum atomic E-state index is -0.349. The predicted molar refractivity (Wildman–Crippen MR) is 81.2 cm³/mol. The average molecular weight is 281 g/mol. The van der Waals surface area contributed by atoms with Crippen molar-refractivity contribution in [2.75, 3.05) is 0 Å². The van der Waals surface area contributed by atoms with Crippen molar-refractivity contribution in [1.29, 1.82) is 0 Å². The van der Waals surface area contributed by atoms with Gasteiger partial charge in [-0.3, -0.25) is 0 Å². The Labute approximate surface area is 122 Å². The SMILES string of the molecule is CC(C)OC(=O)c1cccc(-c2cccc(N=[N+]=[N-])c2)c1. The fraction of sp³-hybridized carbons (Fsp3) is 0.188. The van der Waals surface area contributed by atoms with Crippen LogP contribution in [0.1, 0.15) is 24.2 Å². The van der Waals surface area contributed by atoms with Crippen LogP contribution in [0.2, 0.25) is 0 Å². The number of carbonyl (C=O) groups is 1. The smallest absolute Gasteiger partial charge is 0.338 e. The minimum Gasteiger partial charge on any atom is -0.459 e. The van der Waals surface area contributed by atoms with Gasteiger partial charge in [-0.1, -0.05) is 35.4 Å². The second-order valence-electron chi connectivity index (χ2n) is 4.77. The fourth-order valence-electron chi connectivity index (χ4n) is 1.91. The van der Waals surface area contributed by atoms with E-state index in [2.05, 4.69) is 10.0 Å². The van der Waals surface area contributed by atoms with Crippen LogP contribution in [-0.2, 0) is 4.74 Å². The highest BCUT2D eigenvalue weighted by atomic mass is 16.5. The molecular formula is C16H15N3O2. The Balaban J connectivity index is 2.35. The highest BCUT2D eigenvalue weighted by Crippen LogP contribution is 2.25. The topological polar surface area (TPSA) is 75.1 Å². The summed E-state index contributed by atoms with van der Waals surface area (Å²) in [5.41, 5.74) is 11.2. The molecule has 2 rings (SSSR count). The molecule has 5 heteroatoms. The van der Waals surface area contributed by atoms with Crippen LogP contribution in [0.25, 0.3) is 21.6 Å². The summed E-state index contributed by atoms with van der Waals surface area (Å²) in [5.74, 6) is -0.349. The van der Waals surface area contributed by atoms with Gasteiger partial charge in [0.15, 0.2) is 0 Å². The van der Waals surface area contributed by atoms with Crippen LogP contribution in [0, 0.1) is 0 Å². The number of nitrogens with zero attached hydrogens (tertiary/aromatic N) is 3. The molecule has 0 aliphatic carbocycles. The Morgan fingerprint density at radius 3 is 2.48 bits per heavy atom. The Hall–Kier alpha value is -2.78. The summed E-state index contributed by atoms with van der Waals surface area (Å²) in [7, 11) is 0. The van der Waals surface area contributed by atoms with E-state index in [1.807, 2.05) is 26.0 Å². The van der Waals surface area contributed by atoms with E-state index in [9.17, 15) is 4.79 Å². The molecule has 2 aromatic carbocycles. The molecular weight excluding hydrogens is 266 g/mol. The van der Waals surface area contributed by atoms with Crippen molar-refractivity contribution in [2.45, 2.75) is 20.0 Å². The van der Waals surface area contributed by atoms with Crippen LogP contribution in [0.3, 0.4) is 0 Å². The highest BCUT2D eigenvalue weighted by molar-refractivity contribution is 5.91. The lowest BCUT2D eigenvalue weighted by Gasteiger charge is -2.09. The van der Waals surface area contributed by atoms with Gasteiger partial charge >= 0.3 is 5.97 Å². The Bertz CT molecular complexity index is 704. The van der Waals surface area contributed by atoms with Crippen molar-refractivity contribution in [3.63, 3.8) is 0 Å². The first-order valence-corrected chi connectivity index (χ1v) is 6.56. The molecule has 2 aromatic rings. The zero-order valence-electron chi connectivity index (χ0n) is 11.9. The van der Waals surface area contributed by atoms with Crippen molar-refractivity contribution < 1.29 is 9.53 Å². The molecule has 106 valence electrons. The quantitative estimate of drug-likeness (QED) is 0.347. The number of ether oxygens (including phenoxy) is 1. The van der Waals surface area contributed by atoms with Crippen molar-refractivity contribution >= 4 is 11.7 Å². The second-order valence-corrected chi connectivity index (χ2v) is 4.77. The minimum absolute atomic E-state index is 0.158. The van der Waals surface area contributed by atoms with Gasteiger partial charge in [-0.2, -0.15) is 0 Å². The molecule has 0 fully saturated rings. The molecule has 0 saturated carbocycles. The van der Waals surface area contributed by atoms with Crippen LogP contribution in [0.15, 0.2) is 53.6 Å². The van der Waals surface area contributed by atoms with Gasteiger partial charge in [0.25, 0.3) is 0 Å². The van der Waals surface area contributed by atoms with E-state index in [0.717, 1.165) is 11.1 Å². The largest absolute Gasteiger partial charge is 0.459 e. The van der Waals surface area contributed by atoms with Crippen LogP contribution in [0.5, 0.6) is 0 Å². The lowest BCUT2D eigenvalue weighted by Crippen LogP contribution is -2.11. The van der Waals surface area contributed by atoms with E-state index in [0.29, 0.717) is 11.3 Å². The number of rotatable bonds is 4. The summed E-state index contributed by atoms with van der Waals surface area (Å²) in [6.07, 6.45) is -0.158. The molecule has 0 N–H and O–H groups in total.